The number of hydrogen-bond donors (Lipinski definition) is 1. The van der Waals surface area contributed by atoms with Gasteiger partial charge in [0.15, 0.2) is 0 Å². The first-order valence-electron chi connectivity index (χ1n) is 5.26. The van der Waals surface area contributed by atoms with Crippen molar-refractivity contribution in [2.45, 2.75) is 40.3 Å². The number of thiazole rings is 1. The van der Waals surface area contributed by atoms with Crippen molar-refractivity contribution in [1.82, 2.24) is 10.3 Å². The number of rotatable bonds is 5. The largest absolute Gasteiger partial charge is 0.307 e. The predicted molar refractivity (Wildman–Crippen MR) is 70.8 cm³/mol. The zero-order valence-corrected chi connectivity index (χ0v) is 12.2. The minimum absolute atomic E-state index is 0.523. The number of aromatic nitrogens is 1. The van der Waals surface area contributed by atoms with Crippen LogP contribution in [0.3, 0.4) is 0 Å². The SMILES string of the molecule is Cc1nc(CNC(CBr)C(C)C)sc1C. The van der Waals surface area contributed by atoms with E-state index in [1.54, 1.807) is 11.3 Å². The Morgan fingerprint density at radius 1 is 1.40 bits per heavy atom. The quantitative estimate of drug-likeness (QED) is 0.842. The Kier molecular flexibility index (Phi) is 5.23. The molecule has 1 aromatic heterocycles. The van der Waals surface area contributed by atoms with Crippen molar-refractivity contribution in [3.63, 3.8) is 0 Å². The summed E-state index contributed by atoms with van der Waals surface area (Å²) in [7, 11) is 0. The Morgan fingerprint density at radius 2 is 2.07 bits per heavy atom. The molecule has 0 radical (unpaired) electrons. The molecule has 1 unspecified atom stereocenters. The summed E-state index contributed by atoms with van der Waals surface area (Å²) in [4.78, 5) is 5.84. The van der Waals surface area contributed by atoms with E-state index in [1.807, 2.05) is 0 Å². The third-order valence-electron chi connectivity index (χ3n) is 2.56. The highest BCUT2D eigenvalue weighted by Crippen LogP contribution is 2.16. The maximum absolute atomic E-state index is 4.52. The Hall–Kier alpha value is 0.0700. The van der Waals surface area contributed by atoms with Gasteiger partial charge in [0, 0.05) is 22.8 Å². The van der Waals surface area contributed by atoms with Crippen LogP contribution in [0.4, 0.5) is 0 Å². The minimum atomic E-state index is 0.523. The third kappa shape index (κ3) is 3.85. The molecule has 1 heterocycles. The number of hydrogen-bond acceptors (Lipinski definition) is 3. The van der Waals surface area contributed by atoms with Gasteiger partial charge in [-0.25, -0.2) is 4.98 Å². The summed E-state index contributed by atoms with van der Waals surface area (Å²) in [5, 5.41) is 5.71. The molecule has 2 nitrogen and oxygen atoms in total. The zero-order valence-electron chi connectivity index (χ0n) is 9.80. The lowest BCUT2D eigenvalue weighted by Crippen LogP contribution is -2.34. The lowest BCUT2D eigenvalue weighted by molar-refractivity contribution is 0.433. The van der Waals surface area contributed by atoms with Gasteiger partial charge in [-0.15, -0.1) is 11.3 Å². The molecule has 1 atom stereocenters. The van der Waals surface area contributed by atoms with Gasteiger partial charge in [-0.2, -0.15) is 0 Å². The van der Waals surface area contributed by atoms with Gasteiger partial charge in [0.05, 0.1) is 5.69 Å². The van der Waals surface area contributed by atoms with Gasteiger partial charge in [0.1, 0.15) is 5.01 Å². The molecule has 0 aliphatic rings. The molecular formula is C11H19BrN2S. The van der Waals surface area contributed by atoms with Crippen LogP contribution in [0.5, 0.6) is 0 Å². The summed E-state index contributed by atoms with van der Waals surface area (Å²) >= 11 is 5.32. The van der Waals surface area contributed by atoms with E-state index in [0.717, 1.165) is 17.6 Å². The van der Waals surface area contributed by atoms with Crippen LogP contribution in [-0.4, -0.2) is 16.4 Å². The summed E-state index contributed by atoms with van der Waals surface area (Å²) in [5.74, 6) is 0.645. The van der Waals surface area contributed by atoms with Crippen molar-refractivity contribution in [2.24, 2.45) is 5.92 Å². The fourth-order valence-corrected chi connectivity index (χ4v) is 3.16. The highest BCUT2D eigenvalue weighted by Gasteiger charge is 2.12. The maximum Gasteiger partial charge on any atom is 0.107 e. The van der Waals surface area contributed by atoms with Crippen LogP contribution in [0.2, 0.25) is 0 Å². The molecule has 0 aliphatic carbocycles. The standard InChI is InChI=1S/C11H19BrN2S/c1-7(2)10(5-12)13-6-11-14-8(3)9(4)15-11/h7,10,13H,5-6H2,1-4H3. The van der Waals surface area contributed by atoms with Crippen LogP contribution in [0.25, 0.3) is 0 Å². The van der Waals surface area contributed by atoms with Crippen LogP contribution in [0.1, 0.15) is 29.4 Å². The second-order valence-electron chi connectivity index (χ2n) is 4.13. The average molecular weight is 291 g/mol. The lowest BCUT2D eigenvalue weighted by Gasteiger charge is -2.18. The number of alkyl halides is 1. The average Bonchev–Trinajstić information content (AvgIpc) is 2.47. The summed E-state index contributed by atoms with van der Waals surface area (Å²) in [6, 6.07) is 0.523. The molecule has 0 bridgehead atoms. The second kappa shape index (κ2) is 5.97. The highest BCUT2D eigenvalue weighted by atomic mass is 79.9. The van der Waals surface area contributed by atoms with Crippen LogP contribution in [0, 0.1) is 19.8 Å². The molecule has 1 rings (SSSR count). The number of nitrogens with one attached hydrogen (secondary N) is 1. The molecule has 1 aromatic rings. The van der Waals surface area contributed by atoms with Gasteiger partial charge in [0.2, 0.25) is 0 Å². The molecular weight excluding hydrogens is 272 g/mol. The lowest BCUT2D eigenvalue weighted by atomic mass is 10.1. The molecule has 86 valence electrons. The van der Waals surface area contributed by atoms with E-state index in [4.69, 9.17) is 0 Å². The first-order valence-corrected chi connectivity index (χ1v) is 7.20. The highest BCUT2D eigenvalue weighted by molar-refractivity contribution is 9.09. The molecule has 4 heteroatoms. The Morgan fingerprint density at radius 3 is 2.47 bits per heavy atom. The summed E-state index contributed by atoms with van der Waals surface area (Å²) < 4.78 is 0. The summed E-state index contributed by atoms with van der Waals surface area (Å²) in [6.07, 6.45) is 0. The van der Waals surface area contributed by atoms with E-state index < -0.39 is 0 Å². The third-order valence-corrected chi connectivity index (χ3v) is 4.33. The van der Waals surface area contributed by atoms with E-state index in [0.29, 0.717) is 12.0 Å². The van der Waals surface area contributed by atoms with E-state index >= 15 is 0 Å². The number of halogens is 1. The van der Waals surface area contributed by atoms with Gasteiger partial charge in [0.25, 0.3) is 0 Å². The van der Waals surface area contributed by atoms with Gasteiger partial charge >= 0.3 is 0 Å². The molecule has 0 amide bonds. The molecule has 0 spiro atoms. The molecule has 1 N–H and O–H groups in total. The van der Waals surface area contributed by atoms with Crippen LogP contribution >= 0.6 is 27.3 Å². The monoisotopic (exact) mass is 290 g/mol. The fourth-order valence-electron chi connectivity index (χ4n) is 1.30. The second-order valence-corrected chi connectivity index (χ2v) is 6.07. The first kappa shape index (κ1) is 13.1. The number of aryl methyl sites for hydroxylation is 2. The molecule has 15 heavy (non-hydrogen) atoms. The Bertz CT molecular complexity index is 290. The van der Waals surface area contributed by atoms with Crippen molar-refractivity contribution in [3.05, 3.63) is 15.6 Å². The van der Waals surface area contributed by atoms with Crippen molar-refractivity contribution < 1.29 is 0 Å². The summed E-state index contributed by atoms with van der Waals surface area (Å²) in [5.41, 5.74) is 1.16. The molecule has 0 saturated heterocycles. The van der Waals surface area contributed by atoms with E-state index in [-0.39, 0.29) is 0 Å². The van der Waals surface area contributed by atoms with Gasteiger partial charge < -0.3 is 5.32 Å². The van der Waals surface area contributed by atoms with Crippen molar-refractivity contribution >= 4 is 27.3 Å². The predicted octanol–water partition coefficient (Wildman–Crippen LogP) is 3.27. The van der Waals surface area contributed by atoms with Gasteiger partial charge in [-0.1, -0.05) is 29.8 Å². The normalized spacial score (nSPS) is 13.5. The Balaban J connectivity index is 2.49. The molecule has 0 saturated carbocycles. The minimum Gasteiger partial charge on any atom is -0.307 e. The van der Waals surface area contributed by atoms with E-state index in [2.05, 4.69) is 53.9 Å². The Labute approximate surface area is 105 Å². The van der Waals surface area contributed by atoms with Crippen molar-refractivity contribution in [2.75, 3.05) is 5.33 Å². The van der Waals surface area contributed by atoms with Gasteiger partial charge in [-0.05, 0) is 19.8 Å². The fraction of sp³-hybridized carbons (Fsp3) is 0.727. The van der Waals surface area contributed by atoms with Crippen molar-refractivity contribution in [3.8, 4) is 0 Å². The topological polar surface area (TPSA) is 24.9 Å². The molecule has 0 fully saturated rings. The van der Waals surface area contributed by atoms with Crippen LogP contribution in [0.15, 0.2) is 0 Å². The zero-order chi connectivity index (χ0) is 11.4. The summed E-state index contributed by atoms with van der Waals surface area (Å²) in [6.45, 7) is 9.54. The van der Waals surface area contributed by atoms with Crippen molar-refractivity contribution in [1.29, 1.82) is 0 Å². The van der Waals surface area contributed by atoms with Crippen LogP contribution in [-0.2, 0) is 6.54 Å². The number of nitrogens with zero attached hydrogens (tertiary/aromatic N) is 1. The van der Waals surface area contributed by atoms with E-state index in [1.165, 1.54) is 9.88 Å². The van der Waals surface area contributed by atoms with Crippen LogP contribution < -0.4 is 5.32 Å². The smallest absolute Gasteiger partial charge is 0.107 e. The van der Waals surface area contributed by atoms with E-state index in [9.17, 15) is 0 Å². The molecule has 0 aromatic carbocycles. The van der Waals surface area contributed by atoms with Gasteiger partial charge in [-0.3, -0.25) is 0 Å². The molecule has 0 aliphatic heterocycles. The first-order chi connectivity index (χ1) is 7.04. The maximum atomic E-state index is 4.52.